The largest absolute Gasteiger partial charge is 0.396 e. The molecule has 0 aromatic carbocycles. The van der Waals surface area contributed by atoms with Gasteiger partial charge in [-0.3, -0.25) is 14.9 Å². The van der Waals surface area contributed by atoms with Crippen molar-refractivity contribution in [3.05, 3.63) is 11.9 Å². The van der Waals surface area contributed by atoms with Gasteiger partial charge in [-0.2, -0.15) is 5.10 Å². The third kappa shape index (κ3) is 2.58. The Morgan fingerprint density at radius 2 is 2.18 bits per heavy atom. The van der Waals surface area contributed by atoms with Crippen LogP contribution < -0.4 is 11.2 Å². The highest BCUT2D eigenvalue weighted by Crippen LogP contribution is 2.12. The molecule has 0 radical (unpaired) electrons. The van der Waals surface area contributed by atoms with E-state index in [1.165, 1.54) is 12.6 Å². The van der Waals surface area contributed by atoms with E-state index in [-0.39, 0.29) is 5.91 Å². The van der Waals surface area contributed by atoms with E-state index in [1.54, 1.807) is 4.68 Å². The molecule has 6 nitrogen and oxygen atoms in total. The number of carbonyl (C=O) groups is 1. The lowest BCUT2D eigenvalue weighted by Crippen LogP contribution is -2.45. The number of piperidine rings is 1. The normalized spacial score (nSPS) is 17.0. The van der Waals surface area contributed by atoms with E-state index in [2.05, 4.69) is 10.5 Å². The van der Waals surface area contributed by atoms with E-state index in [0.29, 0.717) is 17.9 Å². The Hall–Kier alpha value is -1.56. The highest BCUT2D eigenvalue weighted by atomic mass is 16.2. The number of amides is 1. The van der Waals surface area contributed by atoms with Crippen LogP contribution in [0.3, 0.4) is 0 Å². The molecule has 0 bridgehead atoms. The molecule has 1 saturated heterocycles. The molecular weight excluding hydrogens is 218 g/mol. The van der Waals surface area contributed by atoms with Gasteiger partial charge in [-0.25, -0.2) is 5.01 Å². The van der Waals surface area contributed by atoms with Crippen LogP contribution >= 0.6 is 0 Å². The van der Waals surface area contributed by atoms with Crippen LogP contribution in [0.1, 0.15) is 36.7 Å². The van der Waals surface area contributed by atoms with E-state index < -0.39 is 0 Å². The summed E-state index contributed by atoms with van der Waals surface area (Å²) in [5, 5.41) is 6.02. The molecule has 0 atom stereocenters. The van der Waals surface area contributed by atoms with E-state index in [4.69, 9.17) is 5.73 Å². The lowest BCUT2D eigenvalue weighted by Gasteiger charge is -2.26. The molecular formula is C11H19N5O. The van der Waals surface area contributed by atoms with Gasteiger partial charge in [0.05, 0.1) is 11.9 Å². The molecule has 1 fully saturated rings. The van der Waals surface area contributed by atoms with Crippen LogP contribution in [0.25, 0.3) is 0 Å². The SMILES string of the molecule is CCn1ncc(N)c1C(=O)NN1CCCCC1. The first-order valence-corrected chi connectivity index (χ1v) is 6.09. The fourth-order valence-corrected chi connectivity index (χ4v) is 2.09. The molecule has 17 heavy (non-hydrogen) atoms. The summed E-state index contributed by atoms with van der Waals surface area (Å²) in [6.07, 6.45) is 5.02. The number of anilines is 1. The van der Waals surface area contributed by atoms with Crippen molar-refractivity contribution in [1.29, 1.82) is 0 Å². The topological polar surface area (TPSA) is 76.2 Å². The van der Waals surface area contributed by atoms with Gasteiger partial charge in [0.1, 0.15) is 0 Å². The Bertz CT molecular complexity index is 395. The molecule has 1 amide bonds. The minimum atomic E-state index is -0.163. The molecule has 1 aromatic heterocycles. The minimum absolute atomic E-state index is 0.163. The standard InChI is InChI=1S/C11H19N5O/c1-2-16-10(9(12)8-13-16)11(17)14-15-6-4-3-5-7-15/h8H,2-7,12H2,1H3,(H,14,17). The van der Waals surface area contributed by atoms with Crippen molar-refractivity contribution in [2.75, 3.05) is 18.8 Å². The molecule has 0 aliphatic carbocycles. The lowest BCUT2D eigenvalue weighted by molar-refractivity contribution is 0.0740. The maximum Gasteiger partial charge on any atom is 0.285 e. The van der Waals surface area contributed by atoms with Gasteiger partial charge in [-0.05, 0) is 19.8 Å². The molecule has 0 unspecified atom stereocenters. The maximum atomic E-state index is 12.1. The van der Waals surface area contributed by atoms with Crippen LogP contribution in [0.2, 0.25) is 0 Å². The number of nitrogens with two attached hydrogens (primary N) is 1. The summed E-state index contributed by atoms with van der Waals surface area (Å²) in [5.41, 5.74) is 9.54. The molecule has 1 aliphatic heterocycles. The number of hydrogen-bond donors (Lipinski definition) is 2. The molecule has 1 aromatic rings. The summed E-state index contributed by atoms with van der Waals surface area (Å²) in [4.78, 5) is 12.1. The fourth-order valence-electron chi connectivity index (χ4n) is 2.09. The molecule has 3 N–H and O–H groups in total. The average Bonchev–Trinajstić information content (AvgIpc) is 2.71. The predicted molar refractivity (Wildman–Crippen MR) is 65.2 cm³/mol. The minimum Gasteiger partial charge on any atom is -0.396 e. The van der Waals surface area contributed by atoms with E-state index >= 15 is 0 Å². The highest BCUT2D eigenvalue weighted by molar-refractivity contribution is 5.97. The number of nitrogens with one attached hydrogen (secondary N) is 1. The predicted octanol–water partition coefficient (Wildman–Crippen LogP) is 0.616. The second kappa shape index (κ2) is 5.18. The molecule has 94 valence electrons. The summed E-state index contributed by atoms with van der Waals surface area (Å²) >= 11 is 0. The number of aromatic nitrogens is 2. The van der Waals surface area contributed by atoms with Gasteiger partial charge in [0.15, 0.2) is 5.69 Å². The number of hydrazine groups is 1. The maximum absolute atomic E-state index is 12.1. The van der Waals surface area contributed by atoms with Crippen molar-refractivity contribution in [3.63, 3.8) is 0 Å². The van der Waals surface area contributed by atoms with E-state index in [9.17, 15) is 4.79 Å². The van der Waals surface area contributed by atoms with Crippen molar-refractivity contribution in [2.24, 2.45) is 0 Å². The molecule has 6 heteroatoms. The Kier molecular flexibility index (Phi) is 3.63. The van der Waals surface area contributed by atoms with Gasteiger partial charge in [-0.15, -0.1) is 0 Å². The Morgan fingerprint density at radius 1 is 1.47 bits per heavy atom. The summed E-state index contributed by atoms with van der Waals surface area (Å²) < 4.78 is 1.62. The van der Waals surface area contributed by atoms with Crippen LogP contribution in [0.4, 0.5) is 5.69 Å². The van der Waals surface area contributed by atoms with Gasteiger partial charge >= 0.3 is 0 Å². The van der Waals surface area contributed by atoms with Crippen molar-refractivity contribution >= 4 is 11.6 Å². The van der Waals surface area contributed by atoms with Crippen LogP contribution in [-0.2, 0) is 6.54 Å². The number of nitrogen functional groups attached to an aromatic ring is 1. The fraction of sp³-hybridized carbons (Fsp3) is 0.636. The van der Waals surface area contributed by atoms with Crippen LogP contribution in [0.5, 0.6) is 0 Å². The van der Waals surface area contributed by atoms with E-state index in [1.807, 2.05) is 11.9 Å². The van der Waals surface area contributed by atoms with Crippen molar-refractivity contribution in [1.82, 2.24) is 20.2 Å². The number of hydrogen-bond acceptors (Lipinski definition) is 4. The molecule has 2 rings (SSSR count). The Balaban J connectivity index is 2.05. The second-order valence-corrected chi connectivity index (χ2v) is 4.25. The van der Waals surface area contributed by atoms with Gasteiger partial charge < -0.3 is 5.73 Å². The lowest BCUT2D eigenvalue weighted by atomic mass is 10.2. The monoisotopic (exact) mass is 237 g/mol. The van der Waals surface area contributed by atoms with Crippen LogP contribution in [0.15, 0.2) is 6.20 Å². The Morgan fingerprint density at radius 3 is 2.82 bits per heavy atom. The van der Waals surface area contributed by atoms with E-state index in [0.717, 1.165) is 25.9 Å². The van der Waals surface area contributed by atoms with Gasteiger partial charge in [0, 0.05) is 19.6 Å². The summed E-state index contributed by atoms with van der Waals surface area (Å²) in [5.74, 6) is -0.163. The number of aryl methyl sites for hydroxylation is 1. The molecule has 2 heterocycles. The second-order valence-electron chi connectivity index (χ2n) is 4.25. The molecule has 0 saturated carbocycles. The third-order valence-corrected chi connectivity index (χ3v) is 3.00. The van der Waals surface area contributed by atoms with Crippen LogP contribution in [0, 0.1) is 0 Å². The summed E-state index contributed by atoms with van der Waals surface area (Å²) in [6.45, 7) is 4.39. The summed E-state index contributed by atoms with van der Waals surface area (Å²) in [6, 6.07) is 0. The first kappa shape index (κ1) is 11.9. The molecule has 0 spiro atoms. The van der Waals surface area contributed by atoms with Crippen molar-refractivity contribution in [3.8, 4) is 0 Å². The zero-order valence-electron chi connectivity index (χ0n) is 10.1. The zero-order valence-corrected chi connectivity index (χ0v) is 10.1. The van der Waals surface area contributed by atoms with Crippen molar-refractivity contribution in [2.45, 2.75) is 32.7 Å². The number of nitrogens with zero attached hydrogens (tertiary/aromatic N) is 3. The number of carbonyl (C=O) groups excluding carboxylic acids is 1. The highest BCUT2D eigenvalue weighted by Gasteiger charge is 2.19. The first-order valence-electron chi connectivity index (χ1n) is 6.09. The number of rotatable bonds is 3. The summed E-state index contributed by atoms with van der Waals surface area (Å²) in [7, 11) is 0. The van der Waals surface area contributed by atoms with Crippen LogP contribution in [-0.4, -0.2) is 33.8 Å². The Labute approximate surface area is 101 Å². The van der Waals surface area contributed by atoms with Gasteiger partial charge in [0.25, 0.3) is 5.91 Å². The van der Waals surface area contributed by atoms with Crippen molar-refractivity contribution < 1.29 is 4.79 Å². The first-order chi connectivity index (χ1) is 8.22. The quantitative estimate of drug-likeness (QED) is 0.808. The zero-order chi connectivity index (χ0) is 12.3. The average molecular weight is 237 g/mol. The van der Waals surface area contributed by atoms with Gasteiger partial charge in [-0.1, -0.05) is 6.42 Å². The smallest absolute Gasteiger partial charge is 0.285 e. The molecule has 1 aliphatic rings. The van der Waals surface area contributed by atoms with Gasteiger partial charge in [0.2, 0.25) is 0 Å². The third-order valence-electron chi connectivity index (χ3n) is 3.00.